The maximum Gasteiger partial charge on any atom is 0.159 e. The Hall–Kier alpha value is -11.3. The average molecular weight is 1170 g/mol. The van der Waals surface area contributed by atoms with Crippen LogP contribution < -0.4 is 4.90 Å². The molecule has 6 heteroatoms. The first-order valence-corrected chi connectivity index (χ1v) is 31.7. The molecule has 0 fully saturated rings. The molecule has 0 atom stereocenters. The van der Waals surface area contributed by atoms with Crippen molar-refractivity contribution in [2.24, 2.45) is 0 Å². The van der Waals surface area contributed by atoms with Gasteiger partial charge in [-0.05, 0) is 155 Å². The van der Waals surface area contributed by atoms with Gasteiger partial charge in [-0.15, -0.1) is 0 Å². The average Bonchev–Trinajstić information content (AvgIpc) is 1.53. The second kappa shape index (κ2) is 20.1. The molecular weight excluding hydrogens is 1110 g/mol. The fraction of sp³-hybridized carbons (Fsp3) is 0.0824. The Kier molecular flexibility index (Phi) is 11.6. The Morgan fingerprint density at radius 3 is 1.55 bits per heavy atom. The molecule has 0 radical (unpaired) electrons. The van der Waals surface area contributed by atoms with Crippen LogP contribution in [-0.4, -0.2) is 13.7 Å². The molecular formula is C85H62N4O2. The summed E-state index contributed by atoms with van der Waals surface area (Å²) in [4.78, 5) is 2.31. The highest BCUT2D eigenvalue weighted by atomic mass is 16.3. The first kappa shape index (κ1) is 52.8. The summed E-state index contributed by atoms with van der Waals surface area (Å²) in [6.07, 6.45) is 0. The highest BCUT2D eigenvalue weighted by Crippen LogP contribution is 2.52. The third kappa shape index (κ3) is 7.85. The molecule has 0 saturated heterocycles. The molecule has 5 heterocycles. The molecule has 19 rings (SSSR count). The number of anilines is 3. The second-order valence-corrected chi connectivity index (χ2v) is 25.4. The largest absolute Gasteiger partial charge is 0.456 e. The van der Waals surface area contributed by atoms with Crippen molar-refractivity contribution in [1.82, 2.24) is 13.7 Å². The lowest BCUT2D eigenvalue weighted by Gasteiger charge is -2.25. The van der Waals surface area contributed by atoms with Crippen molar-refractivity contribution in [3.63, 3.8) is 0 Å². The van der Waals surface area contributed by atoms with Crippen molar-refractivity contribution in [3.8, 4) is 28.2 Å². The van der Waals surface area contributed by atoms with Crippen LogP contribution in [0.15, 0.2) is 288 Å². The number of benzene rings is 13. The number of nitrogens with zero attached hydrogens (tertiary/aromatic N) is 4. The minimum absolute atomic E-state index is 0.200. The van der Waals surface area contributed by atoms with Crippen LogP contribution in [0.5, 0.6) is 0 Å². The van der Waals surface area contributed by atoms with Gasteiger partial charge in [0, 0.05) is 87.7 Å². The third-order valence-corrected chi connectivity index (χ3v) is 19.6. The zero-order valence-electron chi connectivity index (χ0n) is 51.2. The van der Waals surface area contributed by atoms with Crippen molar-refractivity contribution in [2.75, 3.05) is 4.90 Å². The van der Waals surface area contributed by atoms with E-state index in [-0.39, 0.29) is 5.41 Å². The van der Waals surface area contributed by atoms with E-state index in [1.165, 1.54) is 76.7 Å². The molecule has 91 heavy (non-hydrogen) atoms. The molecule has 13 aromatic carbocycles. The summed E-state index contributed by atoms with van der Waals surface area (Å²) < 4.78 is 20.6. The number of aromatic nitrogens is 3. The fourth-order valence-corrected chi connectivity index (χ4v) is 15.5. The summed E-state index contributed by atoms with van der Waals surface area (Å²) in [7, 11) is 0. The molecule has 5 aromatic heterocycles. The van der Waals surface area contributed by atoms with Gasteiger partial charge in [0.15, 0.2) is 5.58 Å². The zero-order valence-corrected chi connectivity index (χ0v) is 51.2. The minimum Gasteiger partial charge on any atom is -0.456 e. The van der Waals surface area contributed by atoms with E-state index in [0.717, 1.165) is 100 Å². The molecule has 18 aromatic rings. The van der Waals surface area contributed by atoms with E-state index in [9.17, 15) is 0 Å². The fourth-order valence-electron chi connectivity index (χ4n) is 15.5. The monoisotopic (exact) mass is 1170 g/mol. The topological polar surface area (TPSA) is 44.3 Å². The molecule has 0 spiro atoms. The normalized spacial score (nSPS) is 12.9. The van der Waals surface area contributed by atoms with E-state index >= 15 is 0 Å². The van der Waals surface area contributed by atoms with E-state index in [2.05, 4.69) is 320 Å². The van der Waals surface area contributed by atoms with E-state index in [1.807, 2.05) is 12.1 Å². The highest BCUT2D eigenvalue weighted by molar-refractivity contribution is 6.32. The van der Waals surface area contributed by atoms with Crippen LogP contribution in [-0.2, 0) is 5.41 Å². The molecule has 0 amide bonds. The summed E-state index contributed by atoms with van der Waals surface area (Å²) in [5.41, 5.74) is 24.8. The van der Waals surface area contributed by atoms with Crippen LogP contribution in [0.25, 0.3) is 137 Å². The maximum atomic E-state index is 6.67. The van der Waals surface area contributed by atoms with Crippen LogP contribution in [0.1, 0.15) is 55.9 Å². The Bertz CT molecular complexity index is 5980. The number of aryl methyl sites for hydroxylation is 1. The Labute approximate surface area is 526 Å². The van der Waals surface area contributed by atoms with Gasteiger partial charge in [0.2, 0.25) is 0 Å². The Balaban J connectivity index is 0.000000564. The van der Waals surface area contributed by atoms with Crippen molar-refractivity contribution < 1.29 is 8.83 Å². The van der Waals surface area contributed by atoms with Gasteiger partial charge >= 0.3 is 0 Å². The third-order valence-electron chi connectivity index (χ3n) is 19.6. The summed E-state index contributed by atoms with van der Waals surface area (Å²) >= 11 is 0. The van der Waals surface area contributed by atoms with Gasteiger partial charge in [0.05, 0.1) is 38.8 Å². The lowest BCUT2D eigenvalue weighted by Crippen LogP contribution is -2.15. The minimum atomic E-state index is -0.200. The molecule has 0 unspecified atom stereocenters. The zero-order chi connectivity index (χ0) is 60.8. The van der Waals surface area contributed by atoms with Gasteiger partial charge < -0.3 is 27.4 Å². The van der Waals surface area contributed by atoms with Crippen LogP contribution in [0.2, 0.25) is 0 Å². The highest BCUT2D eigenvalue weighted by Gasteiger charge is 2.36. The summed E-state index contributed by atoms with van der Waals surface area (Å²) in [6, 6.07) is 102. The first-order valence-electron chi connectivity index (χ1n) is 31.7. The van der Waals surface area contributed by atoms with E-state index < -0.39 is 0 Å². The number of para-hydroxylation sites is 6. The Morgan fingerprint density at radius 1 is 0.352 bits per heavy atom. The van der Waals surface area contributed by atoms with Crippen LogP contribution in [0.4, 0.5) is 17.1 Å². The van der Waals surface area contributed by atoms with Crippen LogP contribution in [0, 0.1) is 6.92 Å². The van der Waals surface area contributed by atoms with Crippen LogP contribution in [0.3, 0.4) is 0 Å². The SMILES string of the molecule is CC1(C)c2ccccc2-c2ccc(-n3c4c(ccc5c4c4ccccc4n5-c4ccc(N(c5ccccc5)c5cccc6c5oc5ccccc56)cc4)c4ccc5c(c6ccccc6n5-c5ccc6oc7ccccc7c6c5)c43)cc21.Cc1ccccc1C(C)C. The predicted molar refractivity (Wildman–Crippen MR) is 382 cm³/mol. The smallest absolute Gasteiger partial charge is 0.159 e. The van der Waals surface area contributed by atoms with E-state index in [1.54, 1.807) is 0 Å². The Morgan fingerprint density at radius 2 is 0.868 bits per heavy atom. The van der Waals surface area contributed by atoms with Gasteiger partial charge in [-0.3, -0.25) is 0 Å². The molecule has 0 N–H and O–H groups in total. The number of rotatable bonds is 7. The number of hydrogen-bond acceptors (Lipinski definition) is 3. The number of hydrogen-bond donors (Lipinski definition) is 0. The lowest BCUT2D eigenvalue weighted by atomic mass is 9.82. The van der Waals surface area contributed by atoms with Crippen molar-refractivity contribution in [1.29, 1.82) is 0 Å². The van der Waals surface area contributed by atoms with Crippen molar-refractivity contribution in [3.05, 3.63) is 301 Å². The van der Waals surface area contributed by atoms with E-state index in [0.29, 0.717) is 5.92 Å². The molecule has 0 bridgehead atoms. The van der Waals surface area contributed by atoms with Crippen molar-refractivity contribution >= 4 is 126 Å². The molecule has 1 aliphatic rings. The van der Waals surface area contributed by atoms with Gasteiger partial charge in [0.1, 0.15) is 16.7 Å². The molecule has 0 aliphatic heterocycles. The second-order valence-electron chi connectivity index (χ2n) is 25.4. The van der Waals surface area contributed by atoms with Crippen LogP contribution >= 0.6 is 0 Å². The summed E-state index contributed by atoms with van der Waals surface area (Å²) in [5.74, 6) is 0.654. The van der Waals surface area contributed by atoms with E-state index in [4.69, 9.17) is 8.83 Å². The lowest BCUT2D eigenvalue weighted by molar-refractivity contribution is 0.660. The van der Waals surface area contributed by atoms with Gasteiger partial charge in [-0.25, -0.2) is 0 Å². The molecule has 0 saturated carbocycles. The quantitative estimate of drug-likeness (QED) is 0.160. The molecule has 6 nitrogen and oxygen atoms in total. The molecule has 434 valence electrons. The standard InChI is InChI=1S/C75H48N4O2.C10H14/c1-75(2)60-25-11-6-19-50(60)51-37-35-49(44-61(51)75)79-72-54(55-39-41-65-71(73(55)79)58-23-8-13-27-63(58)78(65)48-36-42-69-59(43-48)53-21-10-14-29-67(53)80-69)38-40-64-70(72)57-22-7-12-26-62(57)77(64)47-33-31-46(32-34-47)76(45-17-4-3-5-18-45)66-28-16-24-56-52-20-9-15-30-68(52)81-74(56)66;1-8(2)10-7-5-4-6-9(10)3/h3-44H,1-2H3;4-8H,1-3H3. The van der Waals surface area contributed by atoms with Crippen molar-refractivity contribution in [2.45, 2.75) is 46.0 Å². The number of fused-ring (bicyclic) bond motifs is 20. The van der Waals surface area contributed by atoms with Gasteiger partial charge in [-0.2, -0.15) is 0 Å². The first-order chi connectivity index (χ1) is 44.7. The predicted octanol–water partition coefficient (Wildman–Crippen LogP) is 23.7. The summed E-state index contributed by atoms with van der Waals surface area (Å²) in [6.45, 7) is 11.4. The van der Waals surface area contributed by atoms with Gasteiger partial charge in [-0.1, -0.05) is 198 Å². The number of furan rings is 2. The van der Waals surface area contributed by atoms with Gasteiger partial charge in [0.25, 0.3) is 0 Å². The molecule has 1 aliphatic carbocycles. The maximum absolute atomic E-state index is 6.67. The summed E-state index contributed by atoms with van der Waals surface area (Å²) in [5, 5.41) is 11.7.